The van der Waals surface area contributed by atoms with E-state index in [1.165, 1.54) is 4.57 Å². The number of aromatic nitrogens is 1. The number of hydrogen-bond donors (Lipinski definition) is 1. The van der Waals surface area contributed by atoms with Crippen LogP contribution in [0.3, 0.4) is 0 Å². The van der Waals surface area contributed by atoms with Gasteiger partial charge >= 0.3 is 0 Å². The van der Waals surface area contributed by atoms with Crippen LogP contribution in [0.15, 0.2) is 10.7 Å². The Kier molecular flexibility index (Phi) is 1.78. The van der Waals surface area contributed by atoms with E-state index < -0.39 is 0 Å². The number of aromatic hydroxyl groups is 1. The highest BCUT2D eigenvalue weighted by Crippen LogP contribution is 2.08. The Labute approximate surface area is 62.9 Å². The molecular weight excluding hydrogens is 150 g/mol. The highest BCUT2D eigenvalue weighted by atomic mass is 32.1. The summed E-state index contributed by atoms with van der Waals surface area (Å²) >= 11 is 4.67. The molecule has 1 N–H and O–H groups in total. The molecule has 0 bridgehead atoms. The van der Waals surface area contributed by atoms with Crippen molar-refractivity contribution in [1.82, 2.24) is 4.57 Å². The second-order valence-electron chi connectivity index (χ2n) is 1.56. The van der Waals surface area contributed by atoms with E-state index in [1.54, 1.807) is 6.92 Å². The van der Waals surface area contributed by atoms with Crippen molar-refractivity contribution in [3.8, 4) is 17.8 Å². The van der Waals surface area contributed by atoms with Crippen LogP contribution in [0.2, 0.25) is 0 Å². The Morgan fingerprint density at radius 2 is 2.50 bits per heavy atom. The van der Waals surface area contributed by atoms with Gasteiger partial charge in [0.25, 0.3) is 4.84 Å². The smallest absolute Gasteiger partial charge is 0.283 e. The van der Waals surface area contributed by atoms with E-state index in [4.69, 9.17) is 5.11 Å². The van der Waals surface area contributed by atoms with Crippen LogP contribution in [-0.4, -0.2) is 9.67 Å². The predicted octanol–water partition coefficient (Wildman–Crippen LogP) is 1.35. The van der Waals surface area contributed by atoms with Gasteiger partial charge in [-0.25, -0.2) is 0 Å². The van der Waals surface area contributed by atoms with E-state index in [1.807, 2.05) is 0 Å². The topological polar surface area (TPSA) is 38.3 Å². The van der Waals surface area contributed by atoms with Gasteiger partial charge in [0, 0.05) is 6.04 Å². The fraction of sp³-hybridized carbons (Fsp3) is 0.167. The number of oxazole rings is 1. The minimum Gasteiger partial charge on any atom is -0.492 e. The quantitative estimate of drug-likeness (QED) is 0.454. The van der Waals surface area contributed by atoms with Crippen molar-refractivity contribution in [3.05, 3.63) is 11.1 Å². The summed E-state index contributed by atoms with van der Waals surface area (Å²) in [7, 11) is 0. The molecule has 1 rings (SSSR count). The van der Waals surface area contributed by atoms with Crippen molar-refractivity contribution in [2.75, 3.05) is 0 Å². The lowest BCUT2D eigenvalue weighted by Gasteiger charge is -1.85. The fourth-order valence-corrected chi connectivity index (χ4v) is 0.704. The lowest BCUT2D eigenvalue weighted by Crippen LogP contribution is -1.84. The Hall–Kier alpha value is -1.21. The summed E-state index contributed by atoms with van der Waals surface area (Å²) in [6, 6.07) is 2.54. The maximum atomic E-state index is 8.96. The summed E-state index contributed by atoms with van der Waals surface area (Å²) in [6.07, 6.45) is 1.15. The van der Waals surface area contributed by atoms with Crippen LogP contribution in [0.1, 0.15) is 6.92 Å². The molecule has 10 heavy (non-hydrogen) atoms. The fourth-order valence-electron chi connectivity index (χ4n) is 0.517. The second kappa shape index (κ2) is 2.58. The highest BCUT2D eigenvalue weighted by Gasteiger charge is 1.97. The summed E-state index contributed by atoms with van der Waals surface area (Å²) < 4.78 is 5.86. The van der Waals surface area contributed by atoms with Gasteiger partial charge < -0.3 is 9.52 Å². The Bertz CT molecular complexity index is 339. The lowest BCUT2D eigenvalue weighted by molar-refractivity contribution is 0.440. The van der Waals surface area contributed by atoms with Crippen molar-refractivity contribution in [2.45, 2.75) is 6.92 Å². The normalized spacial score (nSPS) is 8.50. The summed E-state index contributed by atoms with van der Waals surface area (Å²) in [6.45, 7) is 1.65. The Morgan fingerprint density at radius 3 is 2.90 bits per heavy atom. The maximum absolute atomic E-state index is 8.96. The molecule has 0 saturated carbocycles. The van der Waals surface area contributed by atoms with Gasteiger partial charge in [0.1, 0.15) is 0 Å². The van der Waals surface area contributed by atoms with Gasteiger partial charge in [-0.15, -0.1) is 0 Å². The van der Waals surface area contributed by atoms with Crippen molar-refractivity contribution in [2.24, 2.45) is 0 Å². The summed E-state index contributed by atoms with van der Waals surface area (Å²) in [5.74, 6) is 2.51. The molecule has 1 heterocycles. The monoisotopic (exact) mass is 155 g/mol. The molecule has 0 saturated heterocycles. The Morgan fingerprint density at radius 1 is 1.80 bits per heavy atom. The van der Waals surface area contributed by atoms with E-state index in [0.29, 0.717) is 0 Å². The van der Waals surface area contributed by atoms with Crippen LogP contribution in [0.25, 0.3) is 0 Å². The zero-order chi connectivity index (χ0) is 7.56. The van der Waals surface area contributed by atoms with Crippen LogP contribution in [-0.2, 0) is 0 Å². The Balaban J connectivity index is 3.32. The van der Waals surface area contributed by atoms with Gasteiger partial charge in [0.05, 0.1) is 0 Å². The molecule has 52 valence electrons. The molecule has 0 aliphatic heterocycles. The predicted molar refractivity (Wildman–Crippen MR) is 38.0 cm³/mol. The molecule has 1 aromatic rings. The average molecular weight is 155 g/mol. The van der Waals surface area contributed by atoms with Gasteiger partial charge in [-0.05, 0) is 19.1 Å². The number of rotatable bonds is 0. The molecule has 3 nitrogen and oxygen atoms in total. The zero-order valence-electron chi connectivity index (χ0n) is 5.29. The van der Waals surface area contributed by atoms with Crippen LogP contribution >= 0.6 is 12.2 Å². The summed E-state index contributed by atoms with van der Waals surface area (Å²) in [4.78, 5) is 0.159. The molecule has 0 aromatic carbocycles. The third-order valence-electron chi connectivity index (χ3n) is 0.900. The van der Waals surface area contributed by atoms with Gasteiger partial charge in [-0.3, -0.25) is 0 Å². The third kappa shape index (κ3) is 1.04. The standard InChI is InChI=1S/C6H5NO2S/c1-2-3-7-5(8)4-9-6(7)10/h4,8H,1H3. The first-order valence-electron chi connectivity index (χ1n) is 2.58. The zero-order valence-corrected chi connectivity index (χ0v) is 6.10. The molecule has 0 radical (unpaired) electrons. The third-order valence-corrected chi connectivity index (χ3v) is 1.18. The number of hydrogen-bond acceptors (Lipinski definition) is 3. The van der Waals surface area contributed by atoms with Gasteiger partial charge in [0.2, 0.25) is 5.88 Å². The lowest BCUT2D eigenvalue weighted by atomic mass is 10.7. The van der Waals surface area contributed by atoms with Gasteiger partial charge in [-0.1, -0.05) is 5.92 Å². The van der Waals surface area contributed by atoms with E-state index in [0.717, 1.165) is 6.26 Å². The van der Waals surface area contributed by atoms with E-state index in [-0.39, 0.29) is 10.7 Å². The van der Waals surface area contributed by atoms with Crippen molar-refractivity contribution in [1.29, 1.82) is 0 Å². The molecule has 0 spiro atoms. The van der Waals surface area contributed by atoms with Crippen molar-refractivity contribution in [3.63, 3.8) is 0 Å². The molecule has 0 aliphatic carbocycles. The van der Waals surface area contributed by atoms with Crippen LogP contribution in [0.5, 0.6) is 5.88 Å². The van der Waals surface area contributed by atoms with E-state index in [2.05, 4.69) is 28.6 Å². The molecule has 0 atom stereocenters. The molecule has 0 amide bonds. The molecule has 4 heteroatoms. The van der Waals surface area contributed by atoms with Crippen molar-refractivity contribution < 1.29 is 9.52 Å². The first-order valence-corrected chi connectivity index (χ1v) is 2.99. The van der Waals surface area contributed by atoms with Gasteiger partial charge in [0.15, 0.2) is 6.26 Å². The van der Waals surface area contributed by atoms with Gasteiger partial charge in [-0.2, -0.15) is 4.57 Å². The summed E-state index contributed by atoms with van der Waals surface area (Å²) in [5, 5.41) is 8.96. The minimum absolute atomic E-state index is 0.0700. The SMILES string of the molecule is CC#Cn1c(O)coc1=S. The molecule has 0 aliphatic rings. The average Bonchev–Trinajstić information content (AvgIpc) is 2.20. The minimum atomic E-state index is -0.0700. The van der Waals surface area contributed by atoms with E-state index >= 15 is 0 Å². The van der Waals surface area contributed by atoms with E-state index in [9.17, 15) is 0 Å². The van der Waals surface area contributed by atoms with Crippen LogP contribution in [0.4, 0.5) is 0 Å². The van der Waals surface area contributed by atoms with Crippen LogP contribution in [0, 0.1) is 16.8 Å². The van der Waals surface area contributed by atoms with Crippen LogP contribution < -0.4 is 0 Å². The maximum Gasteiger partial charge on any atom is 0.283 e. The molecule has 1 aromatic heterocycles. The molecule has 0 fully saturated rings. The molecule has 0 unspecified atom stereocenters. The first kappa shape index (κ1) is 6.90. The van der Waals surface area contributed by atoms with Crippen molar-refractivity contribution >= 4 is 12.2 Å². The highest BCUT2D eigenvalue weighted by molar-refractivity contribution is 7.71. The second-order valence-corrected chi connectivity index (χ2v) is 1.91. The first-order chi connectivity index (χ1) is 4.75. The number of nitrogens with zero attached hydrogens (tertiary/aromatic N) is 1. The summed E-state index contributed by atoms with van der Waals surface area (Å²) in [5.41, 5.74) is 0. The molecular formula is C6H5NO2S. The largest absolute Gasteiger partial charge is 0.492 e.